The van der Waals surface area contributed by atoms with Crippen molar-refractivity contribution in [3.8, 4) is 5.75 Å². The number of ether oxygens (including phenoxy) is 2. The van der Waals surface area contributed by atoms with Gasteiger partial charge in [-0.2, -0.15) is 0 Å². The summed E-state index contributed by atoms with van der Waals surface area (Å²) in [5, 5.41) is 6.46. The number of methoxy groups -OCH3 is 1. The van der Waals surface area contributed by atoms with E-state index in [1.165, 1.54) is 5.56 Å². The molecule has 0 saturated carbocycles. The predicted molar refractivity (Wildman–Crippen MR) is 96.7 cm³/mol. The van der Waals surface area contributed by atoms with E-state index in [4.69, 9.17) is 9.47 Å². The van der Waals surface area contributed by atoms with Gasteiger partial charge in [0.15, 0.2) is 5.96 Å². The van der Waals surface area contributed by atoms with Crippen LogP contribution in [0.1, 0.15) is 30.9 Å². The van der Waals surface area contributed by atoms with Crippen LogP contribution in [0.15, 0.2) is 23.2 Å². The molecule has 0 fully saturated rings. The molecule has 0 saturated heterocycles. The van der Waals surface area contributed by atoms with Crippen LogP contribution in [-0.4, -0.2) is 45.8 Å². The summed E-state index contributed by atoms with van der Waals surface area (Å²) >= 11 is 0. The summed E-state index contributed by atoms with van der Waals surface area (Å²) in [7, 11) is 3.42. The van der Waals surface area contributed by atoms with Crippen molar-refractivity contribution in [3.05, 3.63) is 29.3 Å². The molecule has 0 radical (unpaired) electrons. The third-order valence-electron chi connectivity index (χ3n) is 3.56. The van der Waals surface area contributed by atoms with Crippen molar-refractivity contribution in [1.82, 2.24) is 10.6 Å². The minimum absolute atomic E-state index is 0.157. The number of guanidine groups is 1. The smallest absolute Gasteiger partial charge is 0.305 e. The largest absolute Gasteiger partial charge is 0.496 e. The first-order valence-electron chi connectivity index (χ1n) is 8.34. The van der Waals surface area contributed by atoms with Crippen LogP contribution < -0.4 is 15.4 Å². The maximum atomic E-state index is 11.3. The number of benzene rings is 1. The second-order valence-electron chi connectivity index (χ2n) is 5.39. The van der Waals surface area contributed by atoms with E-state index in [0.717, 1.165) is 30.2 Å². The lowest BCUT2D eigenvalue weighted by atomic mass is 10.1. The highest BCUT2D eigenvalue weighted by atomic mass is 16.5. The van der Waals surface area contributed by atoms with E-state index in [9.17, 15) is 4.79 Å². The van der Waals surface area contributed by atoms with Gasteiger partial charge in [0.05, 0.1) is 13.7 Å². The molecule has 134 valence electrons. The Labute approximate surface area is 144 Å². The Morgan fingerprint density at radius 2 is 2.00 bits per heavy atom. The first-order chi connectivity index (χ1) is 11.6. The summed E-state index contributed by atoms with van der Waals surface area (Å²) < 4.78 is 10.2. The normalized spacial score (nSPS) is 11.1. The zero-order valence-electron chi connectivity index (χ0n) is 15.1. The lowest BCUT2D eigenvalue weighted by Gasteiger charge is -2.12. The number of carbonyl (C=O) groups is 1. The van der Waals surface area contributed by atoms with Crippen LogP contribution in [0.25, 0.3) is 0 Å². The minimum atomic E-state index is -0.157. The topological polar surface area (TPSA) is 72.0 Å². The molecule has 0 atom stereocenters. The van der Waals surface area contributed by atoms with Gasteiger partial charge in [-0.25, -0.2) is 0 Å². The fourth-order valence-electron chi connectivity index (χ4n) is 2.24. The summed E-state index contributed by atoms with van der Waals surface area (Å²) in [6, 6.07) is 6.23. The van der Waals surface area contributed by atoms with Gasteiger partial charge in [0.2, 0.25) is 0 Å². The van der Waals surface area contributed by atoms with E-state index in [1.807, 2.05) is 13.8 Å². The SMILES string of the molecule is CCOC(=O)CCCNC(=NC)NCCc1ccc(C)c(OC)c1. The van der Waals surface area contributed by atoms with Gasteiger partial charge in [0.1, 0.15) is 5.75 Å². The van der Waals surface area contributed by atoms with E-state index in [2.05, 4.69) is 33.8 Å². The van der Waals surface area contributed by atoms with E-state index in [0.29, 0.717) is 26.0 Å². The molecule has 0 aromatic heterocycles. The Kier molecular flexibility index (Phi) is 9.34. The average Bonchev–Trinajstić information content (AvgIpc) is 2.58. The number of carbonyl (C=O) groups excluding carboxylic acids is 1. The minimum Gasteiger partial charge on any atom is -0.496 e. The van der Waals surface area contributed by atoms with Gasteiger partial charge in [-0.1, -0.05) is 12.1 Å². The van der Waals surface area contributed by atoms with Crippen LogP contribution in [0.5, 0.6) is 5.75 Å². The summed E-state index contributed by atoms with van der Waals surface area (Å²) in [5.74, 6) is 1.49. The van der Waals surface area contributed by atoms with Crippen LogP contribution in [0.2, 0.25) is 0 Å². The summed E-state index contributed by atoms with van der Waals surface area (Å²) in [5.41, 5.74) is 2.34. The quantitative estimate of drug-likeness (QED) is 0.313. The third kappa shape index (κ3) is 7.35. The van der Waals surface area contributed by atoms with Gasteiger partial charge >= 0.3 is 5.97 Å². The van der Waals surface area contributed by atoms with E-state index in [-0.39, 0.29) is 5.97 Å². The zero-order valence-corrected chi connectivity index (χ0v) is 15.1. The summed E-state index contributed by atoms with van der Waals surface area (Å²) in [6.07, 6.45) is 2.01. The van der Waals surface area contributed by atoms with Crippen LogP contribution in [-0.2, 0) is 16.0 Å². The maximum absolute atomic E-state index is 11.3. The number of nitrogens with zero attached hydrogens (tertiary/aromatic N) is 1. The summed E-state index contributed by atoms with van der Waals surface area (Å²) in [6.45, 7) is 5.72. The van der Waals surface area contributed by atoms with E-state index in [1.54, 1.807) is 14.2 Å². The lowest BCUT2D eigenvalue weighted by molar-refractivity contribution is -0.143. The molecule has 1 aromatic rings. The lowest BCUT2D eigenvalue weighted by Crippen LogP contribution is -2.38. The van der Waals surface area contributed by atoms with Gasteiger partial charge in [0, 0.05) is 26.6 Å². The second-order valence-corrected chi connectivity index (χ2v) is 5.39. The van der Waals surface area contributed by atoms with Gasteiger partial charge in [-0.3, -0.25) is 9.79 Å². The molecule has 0 aliphatic rings. The fourth-order valence-corrected chi connectivity index (χ4v) is 2.24. The van der Waals surface area contributed by atoms with Gasteiger partial charge < -0.3 is 20.1 Å². The highest BCUT2D eigenvalue weighted by molar-refractivity contribution is 5.79. The number of hydrogen-bond donors (Lipinski definition) is 2. The molecule has 1 aromatic carbocycles. The molecule has 1 rings (SSSR count). The molecule has 0 spiro atoms. The number of aryl methyl sites for hydroxylation is 1. The molecule has 6 nitrogen and oxygen atoms in total. The highest BCUT2D eigenvalue weighted by Gasteiger charge is 2.03. The van der Waals surface area contributed by atoms with Crippen LogP contribution in [0, 0.1) is 6.92 Å². The molecule has 0 bridgehead atoms. The van der Waals surface area contributed by atoms with Crippen molar-refractivity contribution >= 4 is 11.9 Å². The molecule has 6 heteroatoms. The van der Waals surface area contributed by atoms with Crippen molar-refractivity contribution in [2.45, 2.75) is 33.1 Å². The van der Waals surface area contributed by atoms with Gasteiger partial charge in [0.25, 0.3) is 0 Å². The third-order valence-corrected chi connectivity index (χ3v) is 3.56. The van der Waals surface area contributed by atoms with E-state index >= 15 is 0 Å². The van der Waals surface area contributed by atoms with Crippen molar-refractivity contribution in [3.63, 3.8) is 0 Å². The predicted octanol–water partition coefficient (Wildman–Crippen LogP) is 2.05. The van der Waals surface area contributed by atoms with Crippen molar-refractivity contribution < 1.29 is 14.3 Å². The Bertz CT molecular complexity index is 544. The fraction of sp³-hybridized carbons (Fsp3) is 0.556. The first kappa shape index (κ1) is 19.8. The van der Waals surface area contributed by atoms with Crippen LogP contribution >= 0.6 is 0 Å². The first-order valence-corrected chi connectivity index (χ1v) is 8.34. The maximum Gasteiger partial charge on any atom is 0.305 e. The number of hydrogen-bond acceptors (Lipinski definition) is 4. The van der Waals surface area contributed by atoms with Gasteiger partial charge in [-0.05, 0) is 43.9 Å². The molecule has 0 aliphatic heterocycles. The van der Waals surface area contributed by atoms with Crippen LogP contribution in [0.4, 0.5) is 0 Å². The zero-order chi connectivity index (χ0) is 17.8. The molecule has 0 aliphatic carbocycles. The Morgan fingerprint density at radius 3 is 2.67 bits per heavy atom. The Hall–Kier alpha value is -2.24. The van der Waals surface area contributed by atoms with Crippen molar-refractivity contribution in [2.24, 2.45) is 4.99 Å². The molecule has 24 heavy (non-hydrogen) atoms. The average molecular weight is 335 g/mol. The second kappa shape index (κ2) is 11.3. The number of aliphatic imine (C=N–C) groups is 1. The number of rotatable bonds is 9. The Balaban J connectivity index is 2.28. The number of esters is 1. The Morgan fingerprint density at radius 1 is 1.25 bits per heavy atom. The molecule has 0 amide bonds. The number of nitrogens with one attached hydrogen (secondary N) is 2. The monoisotopic (exact) mass is 335 g/mol. The van der Waals surface area contributed by atoms with Crippen LogP contribution in [0.3, 0.4) is 0 Å². The van der Waals surface area contributed by atoms with Crippen molar-refractivity contribution in [1.29, 1.82) is 0 Å². The highest BCUT2D eigenvalue weighted by Crippen LogP contribution is 2.18. The van der Waals surface area contributed by atoms with Gasteiger partial charge in [-0.15, -0.1) is 0 Å². The van der Waals surface area contributed by atoms with E-state index < -0.39 is 0 Å². The van der Waals surface area contributed by atoms with Crippen molar-refractivity contribution in [2.75, 3.05) is 33.9 Å². The standard InChI is InChI=1S/C18H29N3O3/c1-5-24-17(22)7-6-11-20-18(19-3)21-12-10-15-9-8-14(2)16(13-15)23-4/h8-9,13H,5-7,10-12H2,1-4H3,(H2,19,20,21). The molecule has 0 unspecified atom stereocenters. The molecule has 0 heterocycles. The molecular formula is C18H29N3O3. The molecular weight excluding hydrogens is 306 g/mol. The summed E-state index contributed by atoms with van der Waals surface area (Å²) in [4.78, 5) is 15.4. The molecule has 2 N–H and O–H groups in total.